The zero-order valence-corrected chi connectivity index (χ0v) is 7.86. The highest BCUT2D eigenvalue weighted by Gasteiger charge is 2.41. The smallest absolute Gasteiger partial charge is 0.271 e. The molecule has 0 aromatic carbocycles. The lowest BCUT2D eigenvalue weighted by atomic mass is 9.77. The van der Waals surface area contributed by atoms with E-state index in [1.165, 1.54) is 0 Å². The molecule has 1 aliphatic heterocycles. The quantitative estimate of drug-likeness (QED) is 0.554. The summed E-state index contributed by atoms with van der Waals surface area (Å²) in [4.78, 5) is 0. The zero-order chi connectivity index (χ0) is 9.41. The van der Waals surface area contributed by atoms with Crippen LogP contribution in [0.4, 0.5) is 8.78 Å². The zero-order valence-electron chi connectivity index (χ0n) is 7.86. The molecule has 0 bridgehead atoms. The van der Waals surface area contributed by atoms with Crippen molar-refractivity contribution >= 4 is 0 Å². The van der Waals surface area contributed by atoms with E-state index in [1.54, 1.807) is 0 Å². The maximum absolute atomic E-state index is 12.9. The highest BCUT2D eigenvalue weighted by molar-refractivity contribution is 4.83. The first-order valence-corrected chi connectivity index (χ1v) is 4.27. The minimum absolute atomic E-state index is 0.0266. The minimum Gasteiger partial charge on any atom is -0.375 e. The molecule has 1 rings (SSSR count). The van der Waals surface area contributed by atoms with Crippen LogP contribution >= 0.6 is 0 Å². The fourth-order valence-corrected chi connectivity index (χ4v) is 1.39. The first-order chi connectivity index (χ1) is 5.31. The lowest BCUT2D eigenvalue weighted by molar-refractivity contribution is -0.152. The van der Waals surface area contributed by atoms with Crippen LogP contribution in [0.2, 0.25) is 0 Å². The van der Waals surface area contributed by atoms with Gasteiger partial charge in [0.05, 0.1) is 6.61 Å². The third kappa shape index (κ3) is 2.41. The molecule has 12 heavy (non-hydrogen) atoms. The molecule has 3 heteroatoms. The Morgan fingerprint density at radius 2 is 1.92 bits per heavy atom. The van der Waals surface area contributed by atoms with Crippen LogP contribution in [0.5, 0.6) is 0 Å². The molecule has 1 unspecified atom stereocenters. The molecule has 1 aliphatic rings. The molecule has 1 nitrogen and oxygen atoms in total. The van der Waals surface area contributed by atoms with Gasteiger partial charge in [0.2, 0.25) is 0 Å². The highest BCUT2D eigenvalue weighted by Crippen LogP contribution is 2.38. The van der Waals surface area contributed by atoms with Gasteiger partial charge < -0.3 is 4.74 Å². The second kappa shape index (κ2) is 2.95. The first-order valence-electron chi connectivity index (χ1n) is 4.27. The van der Waals surface area contributed by atoms with Crippen molar-refractivity contribution in [1.29, 1.82) is 0 Å². The number of ether oxygens (including phenoxy) is 1. The van der Waals surface area contributed by atoms with Gasteiger partial charge in [-0.15, -0.1) is 0 Å². The van der Waals surface area contributed by atoms with Crippen molar-refractivity contribution in [2.45, 2.75) is 33.1 Å². The first kappa shape index (κ1) is 9.90. The van der Waals surface area contributed by atoms with E-state index in [9.17, 15) is 8.78 Å². The second-order valence-electron chi connectivity index (χ2n) is 4.64. The van der Waals surface area contributed by atoms with E-state index in [0.29, 0.717) is 6.61 Å². The van der Waals surface area contributed by atoms with Gasteiger partial charge in [0.1, 0.15) is 6.61 Å². The van der Waals surface area contributed by atoms with Crippen LogP contribution in [0.1, 0.15) is 27.2 Å². The number of rotatable bonds is 0. The monoisotopic (exact) mass is 178 g/mol. The van der Waals surface area contributed by atoms with Crippen LogP contribution in [0.3, 0.4) is 0 Å². The molecule has 0 spiro atoms. The largest absolute Gasteiger partial charge is 0.375 e. The SMILES string of the molecule is CC(C)(C)C1COCC(F)(F)C1. The summed E-state index contributed by atoms with van der Waals surface area (Å²) in [6.45, 7) is 5.99. The fourth-order valence-electron chi connectivity index (χ4n) is 1.39. The van der Waals surface area contributed by atoms with Crippen LogP contribution < -0.4 is 0 Å². The summed E-state index contributed by atoms with van der Waals surface area (Å²) in [6, 6.07) is 0. The molecule has 0 N–H and O–H groups in total. The average Bonchev–Trinajstić information content (AvgIpc) is 1.83. The van der Waals surface area contributed by atoms with Gasteiger partial charge in [-0.1, -0.05) is 20.8 Å². The lowest BCUT2D eigenvalue weighted by Gasteiger charge is -2.37. The Bertz CT molecular complexity index is 157. The van der Waals surface area contributed by atoms with E-state index < -0.39 is 12.5 Å². The number of hydrogen-bond donors (Lipinski definition) is 0. The van der Waals surface area contributed by atoms with Gasteiger partial charge in [-0.3, -0.25) is 0 Å². The highest BCUT2D eigenvalue weighted by atomic mass is 19.3. The molecule has 0 aromatic rings. The molecule has 1 atom stereocenters. The van der Waals surface area contributed by atoms with E-state index in [-0.39, 0.29) is 17.8 Å². The Morgan fingerprint density at radius 3 is 2.25 bits per heavy atom. The normalized spacial score (nSPS) is 30.2. The Kier molecular flexibility index (Phi) is 2.43. The number of halogens is 2. The van der Waals surface area contributed by atoms with Crippen molar-refractivity contribution in [2.24, 2.45) is 11.3 Å². The van der Waals surface area contributed by atoms with E-state index in [2.05, 4.69) is 0 Å². The maximum Gasteiger partial charge on any atom is 0.271 e. The molecule has 1 saturated heterocycles. The molecule has 1 fully saturated rings. The van der Waals surface area contributed by atoms with E-state index in [0.717, 1.165) is 0 Å². The van der Waals surface area contributed by atoms with Gasteiger partial charge in [-0.05, 0) is 11.3 Å². The summed E-state index contributed by atoms with van der Waals surface area (Å²) >= 11 is 0. The molecule has 0 aliphatic carbocycles. The van der Waals surface area contributed by atoms with E-state index in [1.807, 2.05) is 20.8 Å². The van der Waals surface area contributed by atoms with Crippen molar-refractivity contribution in [3.8, 4) is 0 Å². The van der Waals surface area contributed by atoms with Crippen LogP contribution in [0.15, 0.2) is 0 Å². The molecule has 0 saturated carbocycles. The molecule has 0 amide bonds. The minimum atomic E-state index is -2.61. The van der Waals surface area contributed by atoms with E-state index >= 15 is 0 Å². The number of hydrogen-bond acceptors (Lipinski definition) is 1. The maximum atomic E-state index is 12.9. The predicted molar refractivity (Wildman–Crippen MR) is 43.3 cm³/mol. The topological polar surface area (TPSA) is 9.23 Å². The molecular formula is C9H16F2O. The van der Waals surface area contributed by atoms with Crippen LogP contribution in [0, 0.1) is 11.3 Å². The van der Waals surface area contributed by atoms with Gasteiger partial charge in [0.25, 0.3) is 5.92 Å². The molecule has 0 radical (unpaired) electrons. The van der Waals surface area contributed by atoms with Crippen molar-refractivity contribution in [2.75, 3.05) is 13.2 Å². The van der Waals surface area contributed by atoms with Gasteiger partial charge in [-0.2, -0.15) is 0 Å². The lowest BCUT2D eigenvalue weighted by Crippen LogP contribution is -2.40. The van der Waals surface area contributed by atoms with Crippen molar-refractivity contribution in [1.82, 2.24) is 0 Å². The Morgan fingerprint density at radius 1 is 1.33 bits per heavy atom. The third-order valence-electron chi connectivity index (χ3n) is 2.40. The molecular weight excluding hydrogens is 162 g/mol. The van der Waals surface area contributed by atoms with Gasteiger partial charge >= 0.3 is 0 Å². The molecule has 72 valence electrons. The summed E-state index contributed by atoms with van der Waals surface area (Å²) in [7, 11) is 0. The van der Waals surface area contributed by atoms with Gasteiger partial charge in [0.15, 0.2) is 0 Å². The number of alkyl halides is 2. The Labute approximate surface area is 72.1 Å². The average molecular weight is 178 g/mol. The van der Waals surface area contributed by atoms with E-state index in [4.69, 9.17) is 4.74 Å². The van der Waals surface area contributed by atoms with Gasteiger partial charge in [0, 0.05) is 6.42 Å². The summed E-state index contributed by atoms with van der Waals surface area (Å²) in [5, 5.41) is 0. The predicted octanol–water partition coefficient (Wildman–Crippen LogP) is 2.70. The fraction of sp³-hybridized carbons (Fsp3) is 1.00. The van der Waals surface area contributed by atoms with Crippen molar-refractivity contribution in [3.05, 3.63) is 0 Å². The van der Waals surface area contributed by atoms with Crippen LogP contribution in [-0.4, -0.2) is 19.1 Å². The Balaban J connectivity index is 2.58. The van der Waals surface area contributed by atoms with Crippen LogP contribution in [0.25, 0.3) is 0 Å². The molecule has 0 aromatic heterocycles. The summed E-state index contributed by atoms with van der Waals surface area (Å²) in [6.07, 6.45) is -0.0312. The van der Waals surface area contributed by atoms with Crippen molar-refractivity contribution < 1.29 is 13.5 Å². The van der Waals surface area contributed by atoms with Crippen molar-refractivity contribution in [3.63, 3.8) is 0 Å². The summed E-state index contributed by atoms with van der Waals surface area (Å²) < 4.78 is 30.6. The van der Waals surface area contributed by atoms with Crippen LogP contribution in [-0.2, 0) is 4.74 Å². The van der Waals surface area contributed by atoms with Gasteiger partial charge in [-0.25, -0.2) is 8.78 Å². The second-order valence-corrected chi connectivity index (χ2v) is 4.64. The molecule has 1 heterocycles. The standard InChI is InChI=1S/C9H16F2O/c1-8(2,3)7-4-9(10,11)6-12-5-7/h7H,4-6H2,1-3H3. The summed E-state index contributed by atoms with van der Waals surface area (Å²) in [5.41, 5.74) is -0.0795. The summed E-state index contributed by atoms with van der Waals surface area (Å²) in [5.74, 6) is -2.64. The third-order valence-corrected chi connectivity index (χ3v) is 2.40. The Hall–Kier alpha value is -0.180.